The lowest BCUT2D eigenvalue weighted by Crippen LogP contribution is -2.19. The Morgan fingerprint density at radius 2 is 1.82 bits per heavy atom. The van der Waals surface area contributed by atoms with Crippen LogP contribution in [-0.4, -0.2) is 22.2 Å². The Morgan fingerprint density at radius 1 is 1.06 bits per heavy atom. The third-order valence-corrected chi connectivity index (χ3v) is 6.56. The number of hydrogen-bond donors (Lipinski definition) is 1. The van der Waals surface area contributed by atoms with Crippen LogP contribution in [0.5, 0.6) is 5.75 Å². The molecule has 3 aromatic carbocycles. The van der Waals surface area contributed by atoms with Gasteiger partial charge in [0.05, 0.1) is 17.2 Å². The van der Waals surface area contributed by atoms with E-state index >= 15 is 0 Å². The average Bonchev–Trinajstić information content (AvgIpc) is 3.36. The van der Waals surface area contributed by atoms with Gasteiger partial charge in [-0.3, -0.25) is 4.79 Å². The molecule has 1 aliphatic heterocycles. The molecule has 0 spiro atoms. The number of halogens is 1. The first-order valence-electron chi connectivity index (χ1n) is 10.9. The van der Waals surface area contributed by atoms with E-state index < -0.39 is 0 Å². The number of carbonyl (C=O) groups is 1. The summed E-state index contributed by atoms with van der Waals surface area (Å²) < 4.78 is 7.66. The number of nitrogens with zero attached hydrogens (tertiary/aromatic N) is 2. The van der Waals surface area contributed by atoms with Gasteiger partial charge in [0.15, 0.2) is 5.17 Å². The molecule has 1 saturated heterocycles. The molecule has 1 aromatic heterocycles. The van der Waals surface area contributed by atoms with Gasteiger partial charge in [0.2, 0.25) is 0 Å². The SMILES string of the molecule is CCOc1ccc(N=C2NC(=O)/C(=C\c3cn(Cc4ccc(Cl)cc4)c4ccccc34)S2)cc1. The summed E-state index contributed by atoms with van der Waals surface area (Å²) in [5.74, 6) is 0.648. The van der Waals surface area contributed by atoms with Crippen LogP contribution in [0.1, 0.15) is 18.1 Å². The van der Waals surface area contributed by atoms with Gasteiger partial charge in [-0.1, -0.05) is 41.9 Å². The van der Waals surface area contributed by atoms with Gasteiger partial charge in [0, 0.05) is 34.2 Å². The number of para-hydroxylation sites is 1. The summed E-state index contributed by atoms with van der Waals surface area (Å²) in [5.41, 5.74) is 4.01. The Labute approximate surface area is 207 Å². The van der Waals surface area contributed by atoms with Crippen molar-refractivity contribution in [1.82, 2.24) is 9.88 Å². The van der Waals surface area contributed by atoms with Crippen molar-refractivity contribution in [3.8, 4) is 5.75 Å². The summed E-state index contributed by atoms with van der Waals surface area (Å²) in [6, 6.07) is 23.5. The summed E-state index contributed by atoms with van der Waals surface area (Å²) in [7, 11) is 0. The number of thioether (sulfide) groups is 1. The van der Waals surface area contributed by atoms with Crippen LogP contribution in [-0.2, 0) is 11.3 Å². The Kier molecular flexibility index (Phi) is 6.43. The molecule has 1 amide bonds. The fraction of sp³-hybridized carbons (Fsp3) is 0.111. The monoisotopic (exact) mass is 487 g/mol. The zero-order chi connectivity index (χ0) is 23.5. The number of carbonyl (C=O) groups excluding carboxylic acids is 1. The first-order chi connectivity index (χ1) is 16.6. The zero-order valence-corrected chi connectivity index (χ0v) is 20.1. The molecule has 1 N–H and O–H groups in total. The number of amidine groups is 1. The molecule has 7 heteroatoms. The molecule has 0 bridgehead atoms. The molecular formula is C27H22ClN3O2S. The van der Waals surface area contributed by atoms with Gasteiger partial charge in [-0.05, 0) is 72.8 Å². The number of benzene rings is 3. The highest BCUT2D eigenvalue weighted by atomic mass is 35.5. The van der Waals surface area contributed by atoms with E-state index in [1.165, 1.54) is 11.8 Å². The van der Waals surface area contributed by atoms with E-state index in [0.717, 1.165) is 38.5 Å². The Bertz CT molecular complexity index is 1410. The standard InChI is InChI=1S/C27H22ClN3O2S/c1-2-33-22-13-11-21(12-14-22)29-27-30-26(32)25(34-27)15-19-17-31(24-6-4-3-5-23(19)24)16-18-7-9-20(28)10-8-18/h3-15,17H,2,16H2,1H3,(H,29,30,32)/b25-15+. The van der Waals surface area contributed by atoms with Crippen LogP contribution in [0, 0.1) is 0 Å². The number of aliphatic imine (C=N–C) groups is 1. The summed E-state index contributed by atoms with van der Waals surface area (Å²) in [4.78, 5) is 17.8. The molecule has 34 heavy (non-hydrogen) atoms. The molecular weight excluding hydrogens is 466 g/mol. The van der Waals surface area contributed by atoms with Crippen LogP contribution in [0.25, 0.3) is 17.0 Å². The predicted molar refractivity (Wildman–Crippen MR) is 141 cm³/mol. The van der Waals surface area contributed by atoms with Gasteiger partial charge >= 0.3 is 0 Å². The molecule has 0 unspecified atom stereocenters. The molecule has 2 heterocycles. The third-order valence-electron chi connectivity index (χ3n) is 5.40. The number of fused-ring (bicyclic) bond motifs is 1. The number of aromatic nitrogens is 1. The van der Waals surface area contributed by atoms with E-state index in [2.05, 4.69) is 33.2 Å². The van der Waals surface area contributed by atoms with Crippen molar-refractivity contribution in [3.63, 3.8) is 0 Å². The lowest BCUT2D eigenvalue weighted by atomic mass is 10.1. The highest BCUT2D eigenvalue weighted by molar-refractivity contribution is 8.18. The van der Waals surface area contributed by atoms with Crippen LogP contribution in [0.3, 0.4) is 0 Å². The first-order valence-corrected chi connectivity index (χ1v) is 12.1. The second-order valence-electron chi connectivity index (χ2n) is 7.76. The van der Waals surface area contributed by atoms with Gasteiger partial charge in [-0.25, -0.2) is 4.99 Å². The number of hydrogen-bond acceptors (Lipinski definition) is 4. The minimum absolute atomic E-state index is 0.149. The van der Waals surface area contributed by atoms with Crippen molar-refractivity contribution in [1.29, 1.82) is 0 Å². The number of nitrogens with one attached hydrogen (secondary N) is 1. The molecule has 4 aromatic rings. The maximum Gasteiger partial charge on any atom is 0.264 e. The minimum Gasteiger partial charge on any atom is -0.494 e. The molecule has 1 aliphatic rings. The molecule has 170 valence electrons. The minimum atomic E-state index is -0.149. The van der Waals surface area contributed by atoms with Crippen LogP contribution in [0.15, 0.2) is 88.9 Å². The van der Waals surface area contributed by atoms with E-state index in [0.29, 0.717) is 23.2 Å². The van der Waals surface area contributed by atoms with Crippen LogP contribution < -0.4 is 10.1 Å². The van der Waals surface area contributed by atoms with E-state index in [1.807, 2.05) is 73.7 Å². The topological polar surface area (TPSA) is 55.6 Å². The highest BCUT2D eigenvalue weighted by Crippen LogP contribution is 2.31. The second-order valence-corrected chi connectivity index (χ2v) is 9.23. The summed E-state index contributed by atoms with van der Waals surface area (Å²) in [6.45, 7) is 3.27. The highest BCUT2D eigenvalue weighted by Gasteiger charge is 2.24. The lowest BCUT2D eigenvalue weighted by Gasteiger charge is -2.05. The maximum atomic E-state index is 12.7. The fourth-order valence-electron chi connectivity index (χ4n) is 3.83. The molecule has 5 nitrogen and oxygen atoms in total. The smallest absolute Gasteiger partial charge is 0.264 e. The predicted octanol–water partition coefficient (Wildman–Crippen LogP) is 6.63. The quantitative estimate of drug-likeness (QED) is 0.310. The van der Waals surface area contributed by atoms with E-state index in [4.69, 9.17) is 16.3 Å². The van der Waals surface area contributed by atoms with Gasteiger partial charge in [0.1, 0.15) is 5.75 Å². The average molecular weight is 488 g/mol. The summed E-state index contributed by atoms with van der Waals surface area (Å²) in [6.07, 6.45) is 4.02. The Balaban J connectivity index is 1.41. The van der Waals surface area contributed by atoms with Crippen LogP contribution in [0.2, 0.25) is 5.02 Å². The maximum absolute atomic E-state index is 12.7. The molecule has 0 atom stereocenters. The van der Waals surface area contributed by atoms with Crippen molar-refractivity contribution in [2.24, 2.45) is 4.99 Å². The number of amides is 1. The number of ether oxygens (including phenoxy) is 1. The summed E-state index contributed by atoms with van der Waals surface area (Å²) >= 11 is 7.38. The zero-order valence-electron chi connectivity index (χ0n) is 18.5. The Morgan fingerprint density at radius 3 is 2.59 bits per heavy atom. The largest absolute Gasteiger partial charge is 0.494 e. The molecule has 0 saturated carbocycles. The molecule has 0 aliphatic carbocycles. The van der Waals surface area contributed by atoms with Crippen LogP contribution in [0.4, 0.5) is 5.69 Å². The van der Waals surface area contributed by atoms with Crippen molar-refractivity contribution < 1.29 is 9.53 Å². The van der Waals surface area contributed by atoms with Crippen molar-refractivity contribution in [3.05, 3.63) is 100 Å². The fourth-order valence-corrected chi connectivity index (χ4v) is 4.79. The van der Waals surface area contributed by atoms with E-state index in [1.54, 1.807) is 0 Å². The molecule has 1 fully saturated rings. The van der Waals surface area contributed by atoms with Crippen molar-refractivity contribution >= 4 is 57.1 Å². The number of rotatable bonds is 6. The lowest BCUT2D eigenvalue weighted by molar-refractivity contribution is -0.115. The van der Waals surface area contributed by atoms with E-state index in [9.17, 15) is 4.79 Å². The van der Waals surface area contributed by atoms with E-state index in [-0.39, 0.29) is 5.91 Å². The molecule has 5 rings (SSSR count). The Hall–Kier alpha value is -3.48. The second kappa shape index (κ2) is 9.79. The molecule has 0 radical (unpaired) electrons. The van der Waals surface area contributed by atoms with Gasteiger partial charge < -0.3 is 14.6 Å². The van der Waals surface area contributed by atoms with Gasteiger partial charge in [0.25, 0.3) is 5.91 Å². The van der Waals surface area contributed by atoms with Crippen molar-refractivity contribution in [2.75, 3.05) is 6.61 Å². The third kappa shape index (κ3) is 4.88. The van der Waals surface area contributed by atoms with Crippen molar-refractivity contribution in [2.45, 2.75) is 13.5 Å². The van der Waals surface area contributed by atoms with Gasteiger partial charge in [-0.15, -0.1) is 0 Å². The van der Waals surface area contributed by atoms with Crippen LogP contribution >= 0.6 is 23.4 Å². The van der Waals surface area contributed by atoms with Gasteiger partial charge in [-0.2, -0.15) is 0 Å². The summed E-state index contributed by atoms with van der Waals surface area (Å²) in [5, 5.41) is 5.24. The first kappa shape index (κ1) is 22.3. The normalized spacial score (nSPS) is 15.9.